The molecule has 0 heterocycles. The molecule has 236 valence electrons. The highest BCUT2D eigenvalue weighted by Crippen LogP contribution is 2.71. The topological polar surface area (TPSA) is 26.3 Å². The van der Waals surface area contributed by atoms with Crippen molar-refractivity contribution in [2.24, 2.45) is 23.2 Å². The first kappa shape index (κ1) is 31.5. The summed E-state index contributed by atoms with van der Waals surface area (Å²) in [7, 11) is -2.36. The van der Waals surface area contributed by atoms with Gasteiger partial charge in [-0.3, -0.25) is 4.79 Å². The van der Waals surface area contributed by atoms with Gasteiger partial charge in [-0.15, -0.1) is 0 Å². The lowest BCUT2D eigenvalue weighted by atomic mass is 9.49. The van der Waals surface area contributed by atoms with E-state index in [1.165, 1.54) is 36.0 Å². The first-order valence-electron chi connectivity index (χ1n) is 16.9. The highest BCUT2D eigenvalue weighted by Gasteiger charge is 2.57. The van der Waals surface area contributed by atoms with Crippen LogP contribution in [0.3, 0.4) is 0 Å². The zero-order valence-corrected chi connectivity index (χ0v) is 29.4. The molecule has 0 N–H and O–H groups in total. The molecule has 4 bridgehead atoms. The summed E-state index contributed by atoms with van der Waals surface area (Å²) in [4.78, 5) is 18.2. The van der Waals surface area contributed by atoms with Crippen molar-refractivity contribution in [3.63, 3.8) is 0 Å². The van der Waals surface area contributed by atoms with Gasteiger partial charge in [0.2, 0.25) is 0 Å². The number of rotatable bonds is 5. The minimum absolute atomic E-state index is 0.0368. The lowest BCUT2D eigenvalue weighted by molar-refractivity contribution is -0.160. The third-order valence-corrected chi connectivity index (χ3v) is 14.0. The number of carbonyl (C=O) groups is 1. The number of hydrogen-bond donors (Lipinski definition) is 0. The molecular formula is C41H54O2S. The molecular weight excluding hydrogens is 557 g/mol. The van der Waals surface area contributed by atoms with Gasteiger partial charge in [0, 0.05) is 14.7 Å². The van der Waals surface area contributed by atoms with Crippen molar-refractivity contribution in [2.75, 3.05) is 0 Å². The van der Waals surface area contributed by atoms with Gasteiger partial charge in [0.05, 0.1) is 5.41 Å². The Labute approximate surface area is 268 Å². The van der Waals surface area contributed by atoms with E-state index in [-0.39, 0.29) is 27.6 Å². The largest absolute Gasteiger partial charge is 0.402 e. The third-order valence-electron chi connectivity index (χ3n) is 10.8. The van der Waals surface area contributed by atoms with Crippen LogP contribution in [-0.4, -0.2) is 5.97 Å². The smallest absolute Gasteiger partial charge is 0.323 e. The van der Waals surface area contributed by atoms with Crippen LogP contribution in [-0.2, 0) is 25.2 Å². The van der Waals surface area contributed by atoms with Gasteiger partial charge in [0.1, 0.15) is 0 Å². The van der Waals surface area contributed by atoms with Crippen molar-refractivity contribution in [2.45, 2.75) is 132 Å². The minimum Gasteiger partial charge on any atom is -0.402 e. The molecule has 4 aliphatic carbocycles. The maximum Gasteiger partial charge on any atom is 0.323 e. The first-order valence-corrected chi connectivity index (χ1v) is 18.4. The molecule has 0 atom stereocenters. The average Bonchev–Trinajstić information content (AvgIpc) is 2.94. The van der Waals surface area contributed by atoms with Crippen molar-refractivity contribution in [3.8, 4) is 0 Å². The monoisotopic (exact) mass is 610 g/mol. The zero-order valence-electron chi connectivity index (χ0n) is 28.6. The normalized spacial score (nSPS) is 25.6. The molecule has 3 aromatic carbocycles. The second-order valence-corrected chi connectivity index (χ2v) is 20.1. The summed E-state index contributed by atoms with van der Waals surface area (Å²) in [5.74, 6) is 2.09. The van der Waals surface area contributed by atoms with Crippen LogP contribution in [0.15, 0.2) is 87.5 Å². The first-order chi connectivity index (χ1) is 20.5. The van der Waals surface area contributed by atoms with E-state index in [2.05, 4.69) is 135 Å². The van der Waals surface area contributed by atoms with E-state index in [1.807, 2.05) is 0 Å². The molecule has 0 radical (unpaired) electrons. The van der Waals surface area contributed by atoms with Gasteiger partial charge in [0.25, 0.3) is 0 Å². The van der Waals surface area contributed by atoms with Crippen molar-refractivity contribution >= 4 is 16.3 Å². The molecule has 0 amide bonds. The Morgan fingerprint density at radius 3 is 1.07 bits per heavy atom. The summed E-state index contributed by atoms with van der Waals surface area (Å²) < 4.78 is 7.30. The summed E-state index contributed by atoms with van der Waals surface area (Å²) in [5, 5.41) is 0. The Morgan fingerprint density at radius 1 is 0.545 bits per heavy atom. The van der Waals surface area contributed by atoms with Crippen LogP contribution in [0.1, 0.15) is 118 Å². The van der Waals surface area contributed by atoms with Gasteiger partial charge >= 0.3 is 5.97 Å². The highest BCUT2D eigenvalue weighted by atomic mass is 32.3. The van der Waals surface area contributed by atoms with Gasteiger partial charge in [-0.1, -0.05) is 98.7 Å². The maximum atomic E-state index is 14.9. The van der Waals surface area contributed by atoms with E-state index >= 15 is 0 Å². The highest BCUT2D eigenvalue weighted by molar-refractivity contribution is 8.30. The molecule has 0 aliphatic heterocycles. The fourth-order valence-corrected chi connectivity index (χ4v) is 11.6. The molecule has 0 spiro atoms. The zero-order chi connectivity index (χ0) is 31.7. The van der Waals surface area contributed by atoms with Crippen LogP contribution >= 0.6 is 10.3 Å². The summed E-state index contributed by atoms with van der Waals surface area (Å²) in [6.45, 7) is 20.3. The van der Waals surface area contributed by atoms with Crippen LogP contribution in [0.25, 0.3) is 0 Å². The predicted octanol–water partition coefficient (Wildman–Crippen LogP) is 11.5. The van der Waals surface area contributed by atoms with Gasteiger partial charge in [0.15, 0.2) is 0 Å². The predicted molar refractivity (Wildman–Crippen MR) is 185 cm³/mol. The molecule has 0 saturated heterocycles. The van der Waals surface area contributed by atoms with E-state index in [9.17, 15) is 4.79 Å². The SMILES string of the molecule is CC(C)(C)c1ccc(S(OC(=O)C23CC4CC(CC(C4)C2)C3)(c2ccc(C(C)(C)C)cc2)c2ccc(C(C)(C)C)cc2)cc1. The molecule has 0 aromatic heterocycles. The molecule has 7 rings (SSSR count). The number of benzene rings is 3. The quantitative estimate of drug-likeness (QED) is 0.287. The summed E-state index contributed by atoms with van der Waals surface area (Å²) in [5.41, 5.74) is 3.63. The lowest BCUT2D eigenvalue weighted by Crippen LogP contribution is -2.50. The molecule has 4 saturated carbocycles. The molecule has 4 aliphatic rings. The van der Waals surface area contributed by atoms with Crippen LogP contribution < -0.4 is 0 Å². The number of carbonyl (C=O) groups excluding carboxylic acids is 1. The summed E-state index contributed by atoms with van der Waals surface area (Å²) in [6, 6.07) is 27.0. The lowest BCUT2D eigenvalue weighted by Gasteiger charge is -2.56. The molecule has 3 aromatic rings. The van der Waals surface area contributed by atoms with E-state index < -0.39 is 10.3 Å². The maximum absolute atomic E-state index is 14.9. The molecule has 44 heavy (non-hydrogen) atoms. The van der Waals surface area contributed by atoms with E-state index in [0.717, 1.165) is 33.9 Å². The Kier molecular flexibility index (Phi) is 7.71. The fraction of sp³-hybridized carbons (Fsp3) is 0.537. The molecule has 0 unspecified atom stereocenters. The van der Waals surface area contributed by atoms with Crippen LogP contribution in [0.5, 0.6) is 0 Å². The summed E-state index contributed by atoms with van der Waals surface area (Å²) in [6.07, 6.45) is 6.93. The molecule has 3 heteroatoms. The van der Waals surface area contributed by atoms with Crippen LogP contribution in [0.2, 0.25) is 0 Å². The van der Waals surface area contributed by atoms with Crippen LogP contribution in [0, 0.1) is 23.2 Å². The van der Waals surface area contributed by atoms with Crippen molar-refractivity contribution in [1.29, 1.82) is 0 Å². The Morgan fingerprint density at radius 2 is 0.818 bits per heavy atom. The number of hydrogen-bond acceptors (Lipinski definition) is 2. The Hall–Kier alpha value is -2.52. The molecule has 4 fully saturated rings. The van der Waals surface area contributed by atoms with Gasteiger partial charge < -0.3 is 4.18 Å². The Balaban J connectivity index is 1.54. The van der Waals surface area contributed by atoms with E-state index in [4.69, 9.17) is 4.18 Å². The molecule has 2 nitrogen and oxygen atoms in total. The van der Waals surface area contributed by atoms with Crippen LogP contribution in [0.4, 0.5) is 0 Å². The minimum atomic E-state index is -2.36. The van der Waals surface area contributed by atoms with Crippen molar-refractivity contribution < 1.29 is 8.98 Å². The van der Waals surface area contributed by atoms with Gasteiger partial charge in [-0.2, -0.15) is 0 Å². The van der Waals surface area contributed by atoms with Crippen molar-refractivity contribution in [3.05, 3.63) is 89.5 Å². The third kappa shape index (κ3) is 5.68. The second-order valence-electron chi connectivity index (χ2n) is 17.4. The van der Waals surface area contributed by atoms with Crippen molar-refractivity contribution in [1.82, 2.24) is 0 Å². The standard InChI is InChI=1S/C41H54O2S/c1-38(2,3)31-10-16-34(17-11-31)44(35-18-12-32(13-19-35)39(4,5)6,36-20-14-33(15-21-36)40(7,8)9)43-37(42)41-25-28-22-29(26-41)24-30(23-28)27-41/h10-21,28-30H,22-27H2,1-9H3. The van der Waals surface area contributed by atoms with E-state index in [0.29, 0.717) is 17.8 Å². The Bertz CT molecular complexity index is 1320. The van der Waals surface area contributed by atoms with Gasteiger partial charge in [-0.05, 0) is 136 Å². The van der Waals surface area contributed by atoms with Gasteiger partial charge in [-0.25, -0.2) is 0 Å². The summed E-state index contributed by atoms with van der Waals surface area (Å²) >= 11 is 0. The fourth-order valence-electron chi connectivity index (χ4n) is 8.55. The van der Waals surface area contributed by atoms with E-state index in [1.54, 1.807) is 0 Å². The second kappa shape index (κ2) is 10.8. The average molecular weight is 611 g/mol.